The lowest BCUT2D eigenvalue weighted by atomic mass is 9.88. The minimum Gasteiger partial charge on any atom is -0.338 e. The number of hydrogen-bond donors (Lipinski definition) is 2. The Morgan fingerprint density at radius 3 is 2.86 bits per heavy atom. The fourth-order valence-electron chi connectivity index (χ4n) is 4.32. The molecule has 0 unspecified atom stereocenters. The number of fused-ring (bicyclic) bond motifs is 1. The van der Waals surface area contributed by atoms with Crippen LogP contribution in [-0.4, -0.2) is 48.8 Å². The predicted octanol–water partition coefficient (Wildman–Crippen LogP) is 3.80. The molecule has 10 nitrogen and oxygen atoms in total. The fraction of sp³-hybridized carbons (Fsp3) is 0.385. The summed E-state index contributed by atoms with van der Waals surface area (Å²) in [4.78, 5) is 26.4. The highest BCUT2D eigenvalue weighted by Gasteiger charge is 2.27. The number of carbonyl (C=O) groups excluding carboxylic acids is 1. The summed E-state index contributed by atoms with van der Waals surface area (Å²) in [5, 5.41) is 14.8. The quantitative estimate of drug-likeness (QED) is 0.392. The molecule has 5 rings (SSSR count). The number of anilines is 2. The summed E-state index contributed by atoms with van der Waals surface area (Å²) in [6.07, 6.45) is 6.52. The number of Topliss-reactive ketones (excluding diaryl/α,β-unsaturated/α-hetero) is 1. The minimum atomic E-state index is -0.299. The van der Waals surface area contributed by atoms with Gasteiger partial charge in [0.2, 0.25) is 23.4 Å². The molecule has 0 fully saturated rings. The van der Waals surface area contributed by atoms with Crippen LogP contribution in [0.15, 0.2) is 47.4 Å². The van der Waals surface area contributed by atoms with Gasteiger partial charge in [-0.2, -0.15) is 10.1 Å². The molecule has 2 N–H and O–H groups in total. The topological polar surface area (TPSA) is 124 Å². The molecule has 10 heteroatoms. The Balaban J connectivity index is 1.36. The van der Waals surface area contributed by atoms with Gasteiger partial charge in [-0.1, -0.05) is 38.1 Å². The van der Waals surface area contributed by atoms with E-state index in [1.54, 1.807) is 17.1 Å². The molecule has 0 bridgehead atoms. The molecule has 0 amide bonds. The molecule has 0 aliphatic carbocycles. The van der Waals surface area contributed by atoms with Crippen LogP contribution >= 0.6 is 0 Å². The van der Waals surface area contributed by atoms with E-state index in [9.17, 15) is 4.79 Å². The normalized spacial score (nSPS) is 15.8. The molecular weight excluding hydrogens is 456 g/mol. The van der Waals surface area contributed by atoms with Crippen molar-refractivity contribution in [3.63, 3.8) is 0 Å². The van der Waals surface area contributed by atoms with Gasteiger partial charge in [0.25, 0.3) is 0 Å². The van der Waals surface area contributed by atoms with Crippen LogP contribution in [0.1, 0.15) is 60.7 Å². The molecule has 4 heterocycles. The highest BCUT2D eigenvalue weighted by molar-refractivity contribution is 5.93. The summed E-state index contributed by atoms with van der Waals surface area (Å²) in [7, 11) is 1.86. The summed E-state index contributed by atoms with van der Waals surface area (Å²) < 4.78 is 7.05. The van der Waals surface area contributed by atoms with Gasteiger partial charge in [0.15, 0.2) is 0 Å². The van der Waals surface area contributed by atoms with E-state index in [1.807, 2.05) is 40.1 Å². The van der Waals surface area contributed by atoms with E-state index >= 15 is 0 Å². The van der Waals surface area contributed by atoms with E-state index < -0.39 is 0 Å². The van der Waals surface area contributed by atoms with E-state index in [0.29, 0.717) is 18.3 Å². The maximum Gasteiger partial charge on any atom is 0.238 e. The van der Waals surface area contributed by atoms with E-state index in [2.05, 4.69) is 49.1 Å². The van der Waals surface area contributed by atoms with Crippen molar-refractivity contribution in [2.75, 3.05) is 18.4 Å². The predicted molar refractivity (Wildman–Crippen MR) is 135 cm³/mol. The van der Waals surface area contributed by atoms with Gasteiger partial charge in [0.05, 0.1) is 17.6 Å². The van der Waals surface area contributed by atoms with Gasteiger partial charge < -0.3 is 15.2 Å². The monoisotopic (exact) mass is 486 g/mol. The highest BCUT2D eigenvalue weighted by atomic mass is 16.5. The van der Waals surface area contributed by atoms with Crippen molar-refractivity contribution < 1.29 is 9.32 Å². The molecule has 1 aliphatic heterocycles. The zero-order valence-electron chi connectivity index (χ0n) is 20.9. The Kier molecular flexibility index (Phi) is 6.36. The first-order valence-electron chi connectivity index (χ1n) is 12.1. The summed E-state index contributed by atoms with van der Waals surface area (Å²) in [5.41, 5.74) is 4.73. The number of nitrogens with one attached hydrogen (secondary N) is 2. The van der Waals surface area contributed by atoms with Gasteiger partial charge in [-0.25, -0.2) is 9.97 Å². The smallest absolute Gasteiger partial charge is 0.238 e. The summed E-state index contributed by atoms with van der Waals surface area (Å²) in [6.45, 7) is 7.50. The maximum absolute atomic E-state index is 13.0. The number of benzene rings is 1. The number of nitrogens with zero attached hydrogens (tertiary/aromatic N) is 6. The van der Waals surface area contributed by atoms with E-state index in [-0.39, 0.29) is 22.9 Å². The second-order valence-corrected chi connectivity index (χ2v) is 10.2. The number of carbonyl (C=O) groups is 1. The molecule has 3 aromatic heterocycles. The van der Waals surface area contributed by atoms with Crippen LogP contribution in [0.4, 0.5) is 11.6 Å². The van der Waals surface area contributed by atoms with Crippen LogP contribution < -0.4 is 10.6 Å². The average molecular weight is 487 g/mol. The molecule has 0 radical (unpaired) electrons. The van der Waals surface area contributed by atoms with Gasteiger partial charge in [0.1, 0.15) is 0 Å². The first-order valence-corrected chi connectivity index (χ1v) is 12.1. The third-order valence-electron chi connectivity index (χ3n) is 6.21. The maximum atomic E-state index is 13.0. The molecule has 36 heavy (non-hydrogen) atoms. The second-order valence-electron chi connectivity index (χ2n) is 10.2. The summed E-state index contributed by atoms with van der Waals surface area (Å²) in [6, 6.07) is 8.24. The van der Waals surface area contributed by atoms with Crippen molar-refractivity contribution in [3.05, 3.63) is 65.7 Å². The Bertz CT molecular complexity index is 1380. The number of ketones is 1. The first kappa shape index (κ1) is 23.8. The molecule has 0 saturated heterocycles. The van der Waals surface area contributed by atoms with Gasteiger partial charge in [0, 0.05) is 49.3 Å². The van der Waals surface area contributed by atoms with Crippen molar-refractivity contribution in [1.82, 2.24) is 35.2 Å². The first-order chi connectivity index (χ1) is 17.3. The minimum absolute atomic E-state index is 0.0221. The highest BCUT2D eigenvalue weighted by Crippen LogP contribution is 2.31. The zero-order chi connectivity index (χ0) is 25.3. The van der Waals surface area contributed by atoms with Gasteiger partial charge in [-0.05, 0) is 36.2 Å². The Labute approximate surface area is 209 Å². The second kappa shape index (κ2) is 9.62. The molecular formula is C26H30N8O2. The number of rotatable bonds is 6. The lowest BCUT2D eigenvalue weighted by molar-refractivity contribution is 0.0960. The third kappa shape index (κ3) is 5.18. The van der Waals surface area contributed by atoms with Crippen molar-refractivity contribution >= 4 is 17.4 Å². The fourth-order valence-corrected chi connectivity index (χ4v) is 4.32. The van der Waals surface area contributed by atoms with Crippen LogP contribution in [-0.2, 0) is 18.9 Å². The van der Waals surface area contributed by atoms with Crippen LogP contribution in [0.25, 0.3) is 11.3 Å². The van der Waals surface area contributed by atoms with Crippen molar-refractivity contribution in [3.8, 4) is 11.3 Å². The Morgan fingerprint density at radius 1 is 1.25 bits per heavy atom. The number of hydrogen-bond acceptors (Lipinski definition) is 9. The van der Waals surface area contributed by atoms with Crippen LogP contribution in [0, 0.1) is 0 Å². The SMILES string of the molecule is Cn1cc(Nc2nccc(-c3ccc4c(c3)CCNC[C@H]4CC(=O)c3noc(C(C)(C)C)n3)n2)cn1. The lowest BCUT2D eigenvalue weighted by Crippen LogP contribution is -2.22. The Hall–Kier alpha value is -3.92. The number of aryl methyl sites for hydroxylation is 1. The molecule has 186 valence electrons. The number of aromatic nitrogens is 6. The van der Waals surface area contributed by atoms with Crippen molar-refractivity contribution in [2.24, 2.45) is 7.05 Å². The molecule has 1 atom stereocenters. The summed E-state index contributed by atoms with van der Waals surface area (Å²) >= 11 is 0. The van der Waals surface area contributed by atoms with Crippen LogP contribution in [0.3, 0.4) is 0 Å². The van der Waals surface area contributed by atoms with E-state index in [4.69, 9.17) is 9.51 Å². The van der Waals surface area contributed by atoms with Gasteiger partial charge in [-0.3, -0.25) is 9.48 Å². The average Bonchev–Trinajstić information content (AvgIpc) is 3.46. The van der Waals surface area contributed by atoms with Crippen LogP contribution in [0.5, 0.6) is 0 Å². The van der Waals surface area contributed by atoms with Gasteiger partial charge >= 0.3 is 0 Å². The molecule has 4 aromatic rings. The van der Waals surface area contributed by atoms with Crippen molar-refractivity contribution in [1.29, 1.82) is 0 Å². The molecule has 0 spiro atoms. The van der Waals surface area contributed by atoms with Gasteiger partial charge in [-0.15, -0.1) is 0 Å². The molecule has 1 aromatic carbocycles. The Morgan fingerprint density at radius 2 is 2.11 bits per heavy atom. The van der Waals surface area contributed by atoms with Crippen molar-refractivity contribution in [2.45, 2.75) is 44.9 Å². The zero-order valence-corrected chi connectivity index (χ0v) is 20.9. The van der Waals surface area contributed by atoms with E-state index in [1.165, 1.54) is 11.1 Å². The third-order valence-corrected chi connectivity index (χ3v) is 6.21. The molecule has 0 saturated carbocycles. The summed E-state index contributed by atoms with van der Waals surface area (Å²) in [5.74, 6) is 1.04. The van der Waals surface area contributed by atoms with Crippen LogP contribution in [0.2, 0.25) is 0 Å². The molecule has 1 aliphatic rings. The lowest BCUT2D eigenvalue weighted by Gasteiger charge is -2.17. The van der Waals surface area contributed by atoms with E-state index in [0.717, 1.165) is 36.5 Å². The standard InChI is InChI=1S/C26H30N8O2/c1-26(2,3)24-32-23(33-36-24)22(35)12-18-13-27-9-7-16-11-17(5-6-20(16)18)21-8-10-28-25(31-21)30-19-14-29-34(4)15-19/h5-6,8,10-11,14-15,18,27H,7,9,12-13H2,1-4H3,(H,28,30,31)/t18-/m1/s1. The largest absolute Gasteiger partial charge is 0.338 e.